The van der Waals surface area contributed by atoms with Gasteiger partial charge in [-0.1, -0.05) is 18.2 Å². The normalized spacial score (nSPS) is 21.4. The molecule has 2 N–H and O–H groups in total. The van der Waals surface area contributed by atoms with E-state index in [0.717, 1.165) is 5.56 Å². The van der Waals surface area contributed by atoms with Crippen LogP contribution in [0.25, 0.3) is 0 Å². The highest BCUT2D eigenvalue weighted by atomic mass is 16.5. The summed E-state index contributed by atoms with van der Waals surface area (Å²) in [6, 6.07) is 7.38. The number of ether oxygens (including phenoxy) is 2. The molecule has 1 aliphatic rings. The average molecular weight is 279 g/mol. The summed E-state index contributed by atoms with van der Waals surface area (Å²) in [6.07, 6.45) is -0.778. The topological polar surface area (TPSA) is 84.9 Å². The van der Waals surface area contributed by atoms with E-state index in [9.17, 15) is 9.59 Å². The third kappa shape index (κ3) is 3.27. The van der Waals surface area contributed by atoms with Crippen molar-refractivity contribution in [2.45, 2.75) is 31.6 Å². The van der Waals surface area contributed by atoms with Crippen molar-refractivity contribution >= 4 is 11.9 Å². The van der Waals surface area contributed by atoms with Gasteiger partial charge in [-0.15, -0.1) is 0 Å². The zero-order valence-electron chi connectivity index (χ0n) is 11.2. The molecule has 0 aromatic heterocycles. The van der Waals surface area contributed by atoms with E-state index in [4.69, 9.17) is 14.6 Å². The monoisotopic (exact) mass is 279 g/mol. The number of carboxylic acids is 1. The standard InChI is InChI=1S/C14H17NO5/c1-19-10-5-3-2-4-9(10)8-15-13(16)11-6-7-12(20-11)14(17)18/h2-5,11-12H,6-8H2,1H3,(H,15,16)(H,17,18). The van der Waals surface area contributed by atoms with E-state index in [-0.39, 0.29) is 5.91 Å². The molecule has 6 heteroatoms. The van der Waals surface area contributed by atoms with Gasteiger partial charge in [-0.3, -0.25) is 4.79 Å². The lowest BCUT2D eigenvalue weighted by Gasteiger charge is -2.13. The molecule has 2 unspecified atom stereocenters. The van der Waals surface area contributed by atoms with E-state index in [0.29, 0.717) is 25.1 Å². The summed E-state index contributed by atoms with van der Waals surface area (Å²) in [5, 5.41) is 11.6. The van der Waals surface area contributed by atoms with Crippen LogP contribution in [0.15, 0.2) is 24.3 Å². The van der Waals surface area contributed by atoms with Gasteiger partial charge in [0, 0.05) is 12.1 Å². The van der Waals surface area contributed by atoms with Crippen LogP contribution in [0.1, 0.15) is 18.4 Å². The number of benzene rings is 1. The fourth-order valence-electron chi connectivity index (χ4n) is 2.16. The first-order valence-corrected chi connectivity index (χ1v) is 6.39. The lowest BCUT2D eigenvalue weighted by atomic mass is 10.1. The fraction of sp³-hybridized carbons (Fsp3) is 0.429. The largest absolute Gasteiger partial charge is 0.496 e. The summed E-state index contributed by atoms with van der Waals surface area (Å²) in [5.41, 5.74) is 0.858. The maximum Gasteiger partial charge on any atom is 0.332 e. The molecule has 2 rings (SSSR count). The van der Waals surface area contributed by atoms with Crippen LogP contribution in [0.4, 0.5) is 0 Å². The van der Waals surface area contributed by atoms with Crippen LogP contribution in [-0.2, 0) is 20.9 Å². The molecule has 6 nitrogen and oxygen atoms in total. The second-order valence-electron chi connectivity index (χ2n) is 4.56. The summed E-state index contributed by atoms with van der Waals surface area (Å²) in [4.78, 5) is 22.7. The Morgan fingerprint density at radius 1 is 1.35 bits per heavy atom. The SMILES string of the molecule is COc1ccccc1CNC(=O)C1CCC(C(=O)O)O1. The Kier molecular flexibility index (Phi) is 4.57. The molecular weight excluding hydrogens is 262 g/mol. The van der Waals surface area contributed by atoms with Crippen molar-refractivity contribution in [3.8, 4) is 5.75 Å². The molecule has 1 saturated heterocycles. The van der Waals surface area contributed by atoms with Crippen molar-refractivity contribution in [2.75, 3.05) is 7.11 Å². The third-order valence-corrected chi connectivity index (χ3v) is 3.23. The van der Waals surface area contributed by atoms with Crippen molar-refractivity contribution < 1.29 is 24.2 Å². The highest BCUT2D eigenvalue weighted by Crippen LogP contribution is 2.21. The summed E-state index contributed by atoms with van der Waals surface area (Å²) < 4.78 is 10.4. The minimum Gasteiger partial charge on any atom is -0.496 e. The van der Waals surface area contributed by atoms with Crippen LogP contribution in [0.3, 0.4) is 0 Å². The summed E-state index contributed by atoms with van der Waals surface area (Å²) in [7, 11) is 1.57. The molecule has 1 amide bonds. The number of carbonyl (C=O) groups excluding carboxylic acids is 1. The Morgan fingerprint density at radius 2 is 2.05 bits per heavy atom. The molecular formula is C14H17NO5. The first-order chi connectivity index (χ1) is 9.61. The maximum absolute atomic E-state index is 11.9. The number of nitrogens with one attached hydrogen (secondary N) is 1. The van der Waals surface area contributed by atoms with Crippen LogP contribution >= 0.6 is 0 Å². The Morgan fingerprint density at radius 3 is 2.70 bits per heavy atom. The molecule has 2 atom stereocenters. The third-order valence-electron chi connectivity index (χ3n) is 3.23. The zero-order chi connectivity index (χ0) is 14.5. The van der Waals surface area contributed by atoms with Gasteiger partial charge in [0.05, 0.1) is 7.11 Å². The maximum atomic E-state index is 11.9. The predicted molar refractivity (Wildman–Crippen MR) is 70.4 cm³/mol. The molecule has 0 radical (unpaired) electrons. The van der Waals surface area contributed by atoms with Gasteiger partial charge in [0.15, 0.2) is 6.10 Å². The number of para-hydroxylation sites is 1. The van der Waals surface area contributed by atoms with Crippen molar-refractivity contribution in [3.05, 3.63) is 29.8 Å². The van der Waals surface area contributed by atoms with Crippen LogP contribution in [0, 0.1) is 0 Å². The lowest BCUT2D eigenvalue weighted by molar-refractivity contribution is -0.151. The highest BCUT2D eigenvalue weighted by molar-refractivity contribution is 5.82. The molecule has 1 aliphatic heterocycles. The molecule has 1 heterocycles. The van der Waals surface area contributed by atoms with Crippen LogP contribution < -0.4 is 10.1 Å². The Hall–Kier alpha value is -2.08. The number of carboxylic acid groups (broad SMARTS) is 1. The number of rotatable bonds is 5. The first kappa shape index (κ1) is 14.3. The summed E-state index contributed by atoms with van der Waals surface area (Å²) >= 11 is 0. The second kappa shape index (κ2) is 6.38. The van der Waals surface area contributed by atoms with E-state index in [2.05, 4.69) is 5.32 Å². The number of methoxy groups -OCH3 is 1. The molecule has 108 valence electrons. The molecule has 20 heavy (non-hydrogen) atoms. The number of carbonyl (C=O) groups is 2. The van der Waals surface area contributed by atoms with E-state index in [1.165, 1.54) is 0 Å². The van der Waals surface area contributed by atoms with Gasteiger partial charge >= 0.3 is 5.97 Å². The van der Waals surface area contributed by atoms with E-state index >= 15 is 0 Å². The Balaban J connectivity index is 1.88. The van der Waals surface area contributed by atoms with Crippen LogP contribution in [0.5, 0.6) is 5.75 Å². The van der Waals surface area contributed by atoms with Crippen LogP contribution in [-0.4, -0.2) is 36.3 Å². The van der Waals surface area contributed by atoms with Crippen molar-refractivity contribution in [1.29, 1.82) is 0 Å². The van der Waals surface area contributed by atoms with E-state index in [1.54, 1.807) is 7.11 Å². The minimum absolute atomic E-state index is 0.292. The Bertz CT molecular complexity index is 502. The fourth-order valence-corrected chi connectivity index (χ4v) is 2.16. The number of amides is 1. The molecule has 1 fully saturated rings. The molecule has 0 saturated carbocycles. The Labute approximate surface area is 116 Å². The van der Waals surface area contributed by atoms with Gasteiger partial charge in [0.2, 0.25) is 5.91 Å². The van der Waals surface area contributed by atoms with E-state index in [1.807, 2.05) is 24.3 Å². The number of aliphatic carboxylic acids is 1. The van der Waals surface area contributed by atoms with Gasteiger partial charge < -0.3 is 19.9 Å². The first-order valence-electron chi connectivity index (χ1n) is 6.39. The van der Waals surface area contributed by atoms with Crippen molar-refractivity contribution in [2.24, 2.45) is 0 Å². The van der Waals surface area contributed by atoms with Crippen LogP contribution in [0.2, 0.25) is 0 Å². The zero-order valence-corrected chi connectivity index (χ0v) is 11.2. The quantitative estimate of drug-likeness (QED) is 0.838. The summed E-state index contributed by atoms with van der Waals surface area (Å²) in [6.45, 7) is 0.320. The van der Waals surface area contributed by atoms with Crippen molar-refractivity contribution in [1.82, 2.24) is 5.32 Å². The lowest BCUT2D eigenvalue weighted by Crippen LogP contribution is -2.35. The van der Waals surface area contributed by atoms with E-state index < -0.39 is 18.2 Å². The molecule has 0 aliphatic carbocycles. The molecule has 0 spiro atoms. The summed E-state index contributed by atoms with van der Waals surface area (Å²) in [5.74, 6) is -0.617. The average Bonchev–Trinajstić information content (AvgIpc) is 2.95. The molecule has 0 bridgehead atoms. The molecule has 1 aromatic carbocycles. The van der Waals surface area contributed by atoms with Gasteiger partial charge in [-0.05, 0) is 18.9 Å². The number of hydrogen-bond acceptors (Lipinski definition) is 4. The van der Waals surface area contributed by atoms with Gasteiger partial charge in [-0.25, -0.2) is 4.79 Å². The minimum atomic E-state index is -1.02. The highest BCUT2D eigenvalue weighted by Gasteiger charge is 2.34. The van der Waals surface area contributed by atoms with Crippen molar-refractivity contribution in [3.63, 3.8) is 0 Å². The molecule has 1 aromatic rings. The predicted octanol–water partition coefficient (Wildman–Crippen LogP) is 0.944. The smallest absolute Gasteiger partial charge is 0.332 e. The van der Waals surface area contributed by atoms with Gasteiger partial charge in [0.25, 0.3) is 0 Å². The van der Waals surface area contributed by atoms with Gasteiger partial charge in [0.1, 0.15) is 11.9 Å². The number of hydrogen-bond donors (Lipinski definition) is 2. The second-order valence-corrected chi connectivity index (χ2v) is 4.56. The van der Waals surface area contributed by atoms with Gasteiger partial charge in [-0.2, -0.15) is 0 Å².